The minimum Gasteiger partial charge on any atom is -0.479 e. The molecule has 2 saturated heterocycles. The molecule has 1 unspecified atom stereocenters. The molecule has 3 heterocycles. The number of carbonyl (C=O) groups is 2. The first-order valence-electron chi connectivity index (χ1n) is 10.2. The number of aliphatic hydroxyl groups excluding tert-OH is 2. The highest BCUT2D eigenvalue weighted by Crippen LogP contribution is 2.41. The molecule has 0 aromatic carbocycles. The molecule has 30 heavy (non-hydrogen) atoms. The maximum Gasteiger partial charge on any atom is 0.335 e. The second-order valence-corrected chi connectivity index (χ2v) is 9.79. The van der Waals surface area contributed by atoms with E-state index >= 15 is 0 Å². The molecular weight excluding hydrogens is 430 g/mol. The highest BCUT2D eigenvalue weighted by atomic mass is 32.2. The van der Waals surface area contributed by atoms with Crippen molar-refractivity contribution in [1.29, 1.82) is 0 Å². The lowest BCUT2D eigenvalue weighted by Crippen LogP contribution is -2.39. The molecule has 2 fully saturated rings. The summed E-state index contributed by atoms with van der Waals surface area (Å²) in [6.45, 7) is 8.40. The van der Waals surface area contributed by atoms with Gasteiger partial charge in [-0.3, -0.25) is 0 Å². The van der Waals surface area contributed by atoms with E-state index in [-0.39, 0.29) is 0 Å². The summed E-state index contributed by atoms with van der Waals surface area (Å²) in [6, 6.07) is 0. The Kier molecular flexibility index (Phi) is 9.95. The summed E-state index contributed by atoms with van der Waals surface area (Å²) < 4.78 is 9.22. The third kappa shape index (κ3) is 7.16. The summed E-state index contributed by atoms with van der Waals surface area (Å²) in [5.74, 6) is -0.0423. The number of hydrogen-bond donors (Lipinski definition) is 4. The molecule has 3 rings (SSSR count). The second kappa shape index (κ2) is 11.9. The van der Waals surface area contributed by atoms with Crippen LogP contribution < -0.4 is 0 Å². The Hall–Kier alpha value is -1.27. The first-order chi connectivity index (χ1) is 14.2. The zero-order valence-corrected chi connectivity index (χ0v) is 18.9. The van der Waals surface area contributed by atoms with Crippen molar-refractivity contribution in [1.82, 2.24) is 13.6 Å². The van der Waals surface area contributed by atoms with Gasteiger partial charge in [0.2, 0.25) is 0 Å². The number of hydrogen-bond acceptors (Lipinski definition) is 9. The highest BCUT2D eigenvalue weighted by Gasteiger charge is 2.38. The molecule has 0 aliphatic carbocycles. The van der Waals surface area contributed by atoms with Crippen LogP contribution in [0.2, 0.25) is 0 Å². The molecule has 5 atom stereocenters. The van der Waals surface area contributed by atoms with E-state index in [2.05, 4.69) is 27.5 Å². The average Bonchev–Trinajstić information content (AvgIpc) is 3.27. The van der Waals surface area contributed by atoms with Crippen molar-refractivity contribution >= 4 is 35.4 Å². The number of nitrogens with zero attached hydrogens (tertiary/aromatic N) is 3. The third-order valence-corrected chi connectivity index (χ3v) is 7.09. The van der Waals surface area contributed by atoms with Crippen molar-refractivity contribution in [2.75, 3.05) is 25.4 Å². The predicted octanol–water partition coefficient (Wildman–Crippen LogP) is 1.75. The van der Waals surface area contributed by atoms with E-state index in [4.69, 9.17) is 20.4 Å². The lowest BCUT2D eigenvalue weighted by Gasteiger charge is -2.21. The first-order valence-corrected chi connectivity index (χ1v) is 11.9. The molecule has 9 nitrogen and oxygen atoms in total. The standard InChI is InChI=1S/C15H25N3S2.C4H6O6/c1-11(2)5-4-8-19-15-14(16-20-17-15)13-10-18-7-3-6-12(13)9-18;5-1(3(7)8)2(6)4(9)10/h11-13H,3-10H2,1-2H3;1-2,5-6H,(H,7,8)(H,9,10)/t12-,13-;1-,2-/m01/s1. The quantitative estimate of drug-likeness (QED) is 0.317. The molecule has 0 amide bonds. The maximum atomic E-state index is 9.77. The highest BCUT2D eigenvalue weighted by molar-refractivity contribution is 7.99. The van der Waals surface area contributed by atoms with Crippen LogP contribution in [-0.2, 0) is 9.59 Å². The van der Waals surface area contributed by atoms with Gasteiger partial charge in [-0.25, -0.2) is 9.59 Å². The van der Waals surface area contributed by atoms with Gasteiger partial charge in [0.15, 0.2) is 12.2 Å². The average molecular weight is 462 g/mol. The van der Waals surface area contributed by atoms with Crippen LogP contribution in [0.1, 0.15) is 51.1 Å². The van der Waals surface area contributed by atoms with E-state index in [1.807, 2.05) is 11.8 Å². The molecule has 2 bridgehead atoms. The minimum atomic E-state index is -2.27. The minimum absolute atomic E-state index is 0.656. The fourth-order valence-corrected chi connectivity index (χ4v) is 5.50. The normalized spacial score (nSPS) is 24.8. The molecular formula is C19H31N3O6S2. The summed E-state index contributed by atoms with van der Waals surface area (Å²) in [7, 11) is 0. The first kappa shape index (κ1) is 25.0. The Bertz CT molecular complexity index is 684. The second-order valence-electron chi connectivity index (χ2n) is 8.17. The maximum absolute atomic E-state index is 9.77. The largest absolute Gasteiger partial charge is 0.479 e. The summed E-state index contributed by atoms with van der Waals surface area (Å²) in [5.41, 5.74) is 1.32. The number of thioether (sulfide) groups is 1. The zero-order valence-electron chi connectivity index (χ0n) is 17.3. The van der Waals surface area contributed by atoms with E-state index in [1.165, 1.54) is 73.5 Å². The van der Waals surface area contributed by atoms with Gasteiger partial charge >= 0.3 is 11.9 Å². The van der Waals surface area contributed by atoms with Crippen LogP contribution in [0.5, 0.6) is 0 Å². The van der Waals surface area contributed by atoms with Crippen LogP contribution in [-0.4, -0.2) is 83.6 Å². The van der Waals surface area contributed by atoms with Gasteiger partial charge in [-0.15, -0.1) is 11.8 Å². The molecule has 11 heteroatoms. The number of aliphatic hydroxyl groups is 2. The van der Waals surface area contributed by atoms with Crippen LogP contribution in [0.4, 0.5) is 0 Å². The van der Waals surface area contributed by atoms with E-state index in [1.54, 1.807) is 0 Å². The van der Waals surface area contributed by atoms with E-state index in [0.29, 0.717) is 5.92 Å². The van der Waals surface area contributed by atoms with Gasteiger partial charge < -0.3 is 25.3 Å². The van der Waals surface area contributed by atoms with Crippen LogP contribution in [0.25, 0.3) is 0 Å². The van der Waals surface area contributed by atoms with Gasteiger partial charge in [0.05, 0.1) is 17.4 Å². The molecule has 4 N–H and O–H groups in total. The number of carboxylic acids is 2. The summed E-state index contributed by atoms with van der Waals surface area (Å²) in [5, 5.41) is 33.8. The van der Waals surface area contributed by atoms with Crippen LogP contribution in [0, 0.1) is 11.8 Å². The van der Waals surface area contributed by atoms with E-state index < -0.39 is 24.1 Å². The van der Waals surface area contributed by atoms with Gasteiger partial charge in [0, 0.05) is 19.0 Å². The number of piperidine rings is 1. The van der Waals surface area contributed by atoms with E-state index in [9.17, 15) is 9.59 Å². The number of carboxylic acid groups (broad SMARTS) is 2. The van der Waals surface area contributed by atoms with Gasteiger partial charge in [0.25, 0.3) is 0 Å². The topological polar surface area (TPSA) is 144 Å². The van der Waals surface area contributed by atoms with Crippen molar-refractivity contribution in [2.24, 2.45) is 11.8 Å². The lowest BCUT2D eigenvalue weighted by molar-refractivity contribution is -0.165. The van der Waals surface area contributed by atoms with Gasteiger partial charge in [0.1, 0.15) is 5.03 Å². The number of aromatic nitrogens is 2. The zero-order chi connectivity index (χ0) is 22.3. The van der Waals surface area contributed by atoms with Crippen molar-refractivity contribution in [3.8, 4) is 0 Å². The van der Waals surface area contributed by atoms with Gasteiger partial charge in [-0.05, 0) is 43.4 Å². The number of aliphatic carboxylic acids is 2. The van der Waals surface area contributed by atoms with E-state index in [0.717, 1.165) is 11.8 Å². The Morgan fingerprint density at radius 2 is 1.83 bits per heavy atom. The van der Waals surface area contributed by atoms with Gasteiger partial charge in [-0.2, -0.15) is 8.75 Å². The fraction of sp³-hybridized carbons (Fsp3) is 0.789. The molecule has 2 aliphatic heterocycles. The number of fused-ring (bicyclic) bond motifs is 2. The molecule has 170 valence electrons. The van der Waals surface area contributed by atoms with Crippen LogP contribution >= 0.6 is 23.5 Å². The summed E-state index contributed by atoms with van der Waals surface area (Å²) >= 11 is 3.35. The fourth-order valence-electron chi connectivity index (χ4n) is 3.77. The third-order valence-electron chi connectivity index (χ3n) is 5.37. The van der Waals surface area contributed by atoms with Crippen LogP contribution in [0.3, 0.4) is 0 Å². The van der Waals surface area contributed by atoms with Crippen LogP contribution in [0.15, 0.2) is 5.03 Å². The molecule has 1 aromatic rings. The predicted molar refractivity (Wildman–Crippen MR) is 114 cm³/mol. The monoisotopic (exact) mass is 461 g/mol. The van der Waals surface area contributed by atoms with Gasteiger partial charge in [-0.1, -0.05) is 20.3 Å². The van der Waals surface area contributed by atoms with Crippen molar-refractivity contribution < 1.29 is 30.0 Å². The van der Waals surface area contributed by atoms with Crippen molar-refractivity contribution in [2.45, 2.75) is 62.7 Å². The molecule has 2 aliphatic rings. The molecule has 1 aromatic heterocycles. The summed E-state index contributed by atoms with van der Waals surface area (Å²) in [6.07, 6.45) is 0.834. The Labute approximate surface area is 184 Å². The van der Waals surface area contributed by atoms with Crippen molar-refractivity contribution in [3.63, 3.8) is 0 Å². The lowest BCUT2D eigenvalue weighted by atomic mass is 9.89. The molecule has 0 spiro atoms. The number of rotatable bonds is 9. The Balaban J connectivity index is 0.000000274. The molecule has 0 saturated carbocycles. The smallest absolute Gasteiger partial charge is 0.335 e. The summed E-state index contributed by atoms with van der Waals surface area (Å²) in [4.78, 5) is 22.2. The Morgan fingerprint density at radius 3 is 2.40 bits per heavy atom. The molecule has 0 radical (unpaired) electrons. The Morgan fingerprint density at radius 1 is 1.17 bits per heavy atom. The SMILES string of the molecule is CC(C)CCCSc1nsnc1[C@H]1CN2CCC[C@H]1C2.O=C(O)[C@H](O)[C@@H](O)C(=O)O. The van der Waals surface area contributed by atoms with Crippen molar-refractivity contribution in [3.05, 3.63) is 5.69 Å².